The Kier molecular flexibility index (Phi) is 6.47. The van der Waals surface area contributed by atoms with Crippen LogP contribution in [0.2, 0.25) is 0 Å². The maximum absolute atomic E-state index is 13.3. The van der Waals surface area contributed by atoms with Crippen LogP contribution in [-0.4, -0.2) is 21.1 Å². The highest BCUT2D eigenvalue weighted by atomic mass is 32.1. The molecule has 0 spiro atoms. The summed E-state index contributed by atoms with van der Waals surface area (Å²) >= 11 is 1.77. The maximum atomic E-state index is 13.3. The number of benzene rings is 2. The first kappa shape index (κ1) is 23.4. The fourth-order valence-electron chi connectivity index (χ4n) is 4.54. The van der Waals surface area contributed by atoms with Crippen molar-refractivity contribution >= 4 is 33.7 Å². The van der Waals surface area contributed by atoms with Gasteiger partial charge in [0.05, 0.1) is 5.69 Å². The summed E-state index contributed by atoms with van der Waals surface area (Å²) in [6, 6.07) is 10.5. The SMILES string of the molecule is C[C@@H](CC(=O)Cc1cc(F)cc(F)c1)C(=O)Nc1ccc(-c2cn3c4c(sc3n2)CCCC4)cc1. The first-order valence-corrected chi connectivity index (χ1v) is 12.5. The molecule has 0 bridgehead atoms. The number of aryl methyl sites for hydroxylation is 2. The second-order valence-electron chi connectivity index (χ2n) is 9.12. The van der Waals surface area contributed by atoms with Crippen LogP contribution in [0.5, 0.6) is 0 Å². The number of nitrogens with zero attached hydrogens (tertiary/aromatic N) is 2. The molecule has 2 heterocycles. The number of imidazole rings is 1. The Morgan fingerprint density at radius 1 is 1.09 bits per heavy atom. The van der Waals surface area contributed by atoms with Crippen molar-refractivity contribution in [2.75, 3.05) is 5.32 Å². The van der Waals surface area contributed by atoms with E-state index in [1.165, 1.54) is 23.4 Å². The molecule has 1 aliphatic carbocycles. The fraction of sp³-hybridized carbons (Fsp3) is 0.296. The molecule has 0 saturated carbocycles. The summed E-state index contributed by atoms with van der Waals surface area (Å²) in [6.07, 6.45) is 6.65. The lowest BCUT2D eigenvalue weighted by atomic mass is 9.99. The number of ketones is 1. The van der Waals surface area contributed by atoms with Crippen molar-refractivity contribution in [3.63, 3.8) is 0 Å². The minimum Gasteiger partial charge on any atom is -0.326 e. The first-order chi connectivity index (χ1) is 16.9. The molecular formula is C27H25F2N3O2S. The molecule has 2 aromatic carbocycles. The number of nitrogens with one attached hydrogen (secondary N) is 1. The van der Waals surface area contributed by atoms with Crippen molar-refractivity contribution < 1.29 is 18.4 Å². The predicted octanol–water partition coefficient (Wildman–Crippen LogP) is 6.00. The molecule has 35 heavy (non-hydrogen) atoms. The third-order valence-electron chi connectivity index (χ3n) is 6.32. The Morgan fingerprint density at radius 2 is 1.80 bits per heavy atom. The number of fused-ring (bicyclic) bond motifs is 3. The lowest BCUT2D eigenvalue weighted by molar-refractivity contribution is -0.125. The van der Waals surface area contributed by atoms with Crippen LogP contribution >= 0.6 is 11.3 Å². The normalized spacial score (nSPS) is 14.0. The van der Waals surface area contributed by atoms with Gasteiger partial charge < -0.3 is 5.32 Å². The van der Waals surface area contributed by atoms with Crippen LogP contribution in [0.4, 0.5) is 14.5 Å². The van der Waals surface area contributed by atoms with Crippen LogP contribution in [0.3, 0.4) is 0 Å². The van der Waals surface area contributed by atoms with Crippen LogP contribution in [0, 0.1) is 17.6 Å². The van der Waals surface area contributed by atoms with Crippen LogP contribution in [0.25, 0.3) is 16.2 Å². The molecule has 2 aromatic heterocycles. The molecule has 4 aromatic rings. The Balaban J connectivity index is 1.19. The summed E-state index contributed by atoms with van der Waals surface area (Å²) in [5.74, 6) is -2.57. The van der Waals surface area contributed by atoms with Gasteiger partial charge in [-0.3, -0.25) is 14.0 Å². The monoisotopic (exact) mass is 493 g/mol. The van der Waals surface area contributed by atoms with Gasteiger partial charge in [-0.15, -0.1) is 11.3 Å². The van der Waals surface area contributed by atoms with Crippen molar-refractivity contribution in [2.24, 2.45) is 5.92 Å². The fourth-order valence-corrected chi connectivity index (χ4v) is 5.73. The van der Waals surface area contributed by atoms with Gasteiger partial charge in [0.15, 0.2) is 4.96 Å². The number of hydrogen-bond acceptors (Lipinski definition) is 4. The number of hydrogen-bond donors (Lipinski definition) is 1. The predicted molar refractivity (Wildman–Crippen MR) is 133 cm³/mol. The van der Waals surface area contributed by atoms with E-state index in [0.717, 1.165) is 47.3 Å². The van der Waals surface area contributed by atoms with Gasteiger partial charge in [0.25, 0.3) is 0 Å². The Bertz CT molecular complexity index is 1390. The molecule has 8 heteroatoms. The zero-order valence-electron chi connectivity index (χ0n) is 19.3. The second-order valence-corrected chi connectivity index (χ2v) is 10.2. The van der Waals surface area contributed by atoms with E-state index in [9.17, 15) is 18.4 Å². The van der Waals surface area contributed by atoms with Gasteiger partial charge in [-0.1, -0.05) is 19.1 Å². The molecular weight excluding hydrogens is 468 g/mol. The van der Waals surface area contributed by atoms with Crippen molar-refractivity contribution in [1.82, 2.24) is 9.38 Å². The van der Waals surface area contributed by atoms with E-state index in [4.69, 9.17) is 4.98 Å². The summed E-state index contributed by atoms with van der Waals surface area (Å²) in [5, 5.41) is 2.84. The molecule has 0 fully saturated rings. The largest absolute Gasteiger partial charge is 0.326 e. The van der Waals surface area contributed by atoms with Gasteiger partial charge in [-0.05, 0) is 55.5 Å². The van der Waals surface area contributed by atoms with Crippen molar-refractivity contribution in [2.45, 2.75) is 45.4 Å². The zero-order valence-corrected chi connectivity index (χ0v) is 20.1. The number of aromatic nitrogens is 2. The lowest BCUT2D eigenvalue weighted by Gasteiger charge is -2.12. The molecule has 0 saturated heterocycles. The van der Waals surface area contributed by atoms with E-state index in [0.29, 0.717) is 5.69 Å². The maximum Gasteiger partial charge on any atom is 0.227 e. The van der Waals surface area contributed by atoms with Crippen LogP contribution in [0.1, 0.15) is 42.3 Å². The molecule has 1 aliphatic rings. The Labute approximate surface area is 205 Å². The number of halogens is 2. The first-order valence-electron chi connectivity index (χ1n) is 11.7. The van der Waals surface area contributed by atoms with Crippen LogP contribution < -0.4 is 5.32 Å². The minimum absolute atomic E-state index is 0.0161. The molecule has 1 N–H and O–H groups in total. The summed E-state index contributed by atoms with van der Waals surface area (Å²) in [4.78, 5) is 32.2. The second kappa shape index (κ2) is 9.70. The number of anilines is 1. The minimum atomic E-state index is -0.725. The van der Waals surface area contributed by atoms with Crippen molar-refractivity contribution in [1.29, 1.82) is 0 Å². The van der Waals surface area contributed by atoms with E-state index >= 15 is 0 Å². The molecule has 180 valence electrons. The molecule has 0 unspecified atom stereocenters. The van der Waals surface area contributed by atoms with Gasteiger partial charge in [0.2, 0.25) is 5.91 Å². The summed E-state index contributed by atoms with van der Waals surface area (Å²) in [7, 11) is 0. The van der Waals surface area contributed by atoms with Crippen molar-refractivity contribution in [3.8, 4) is 11.3 Å². The van der Waals surface area contributed by atoms with Gasteiger partial charge in [-0.25, -0.2) is 13.8 Å². The molecule has 5 rings (SSSR count). The summed E-state index contributed by atoms with van der Waals surface area (Å²) < 4.78 is 28.9. The van der Waals surface area contributed by atoms with Gasteiger partial charge in [0.1, 0.15) is 17.4 Å². The summed E-state index contributed by atoms with van der Waals surface area (Å²) in [5.41, 5.74) is 4.13. The van der Waals surface area contributed by atoms with Crippen molar-refractivity contribution in [3.05, 3.63) is 76.4 Å². The standard InChI is InChI=1S/C27H25F2N3O2S/c1-16(10-22(33)13-17-11-19(28)14-20(29)12-17)26(34)30-21-8-6-18(7-9-21)23-15-32-24-4-2-3-5-25(24)35-27(32)31-23/h6-9,11-12,14-16H,2-5,10,13H2,1H3,(H,30,34)/t16-/m0/s1. The molecule has 0 aliphatic heterocycles. The molecule has 1 atom stereocenters. The van der Waals surface area contributed by atoms with E-state index in [2.05, 4.69) is 15.9 Å². The van der Waals surface area contributed by atoms with E-state index in [-0.39, 0.29) is 30.1 Å². The number of rotatable bonds is 7. The summed E-state index contributed by atoms with van der Waals surface area (Å²) in [6.45, 7) is 1.66. The zero-order chi connectivity index (χ0) is 24.5. The molecule has 5 nitrogen and oxygen atoms in total. The van der Waals surface area contributed by atoms with E-state index < -0.39 is 17.6 Å². The lowest BCUT2D eigenvalue weighted by Crippen LogP contribution is -2.23. The Hall–Kier alpha value is -3.39. The third-order valence-corrected chi connectivity index (χ3v) is 7.48. The highest BCUT2D eigenvalue weighted by Gasteiger charge is 2.20. The number of Topliss-reactive ketones (excluding diaryl/α,β-unsaturated/α-hetero) is 1. The topological polar surface area (TPSA) is 63.5 Å². The van der Waals surface area contributed by atoms with Gasteiger partial charge in [0, 0.05) is 52.8 Å². The smallest absolute Gasteiger partial charge is 0.227 e. The third kappa shape index (κ3) is 5.17. The van der Waals surface area contributed by atoms with E-state index in [1.807, 2.05) is 24.3 Å². The average molecular weight is 494 g/mol. The van der Waals surface area contributed by atoms with Gasteiger partial charge >= 0.3 is 0 Å². The average Bonchev–Trinajstić information content (AvgIpc) is 3.37. The highest BCUT2D eigenvalue weighted by molar-refractivity contribution is 7.17. The quantitative estimate of drug-likeness (QED) is 0.344. The highest BCUT2D eigenvalue weighted by Crippen LogP contribution is 2.32. The molecule has 0 radical (unpaired) electrons. The van der Waals surface area contributed by atoms with E-state index in [1.54, 1.807) is 18.3 Å². The van der Waals surface area contributed by atoms with Crippen LogP contribution in [-0.2, 0) is 28.9 Å². The number of thiazole rings is 1. The van der Waals surface area contributed by atoms with Gasteiger partial charge in [-0.2, -0.15) is 0 Å². The van der Waals surface area contributed by atoms with Crippen LogP contribution in [0.15, 0.2) is 48.7 Å². The number of carbonyl (C=O) groups is 2. The number of carbonyl (C=O) groups excluding carboxylic acids is 2. The Morgan fingerprint density at radius 3 is 2.54 bits per heavy atom. The number of amides is 1. The molecule has 1 amide bonds.